The van der Waals surface area contributed by atoms with Crippen molar-refractivity contribution < 1.29 is 19.1 Å². The molecule has 0 bridgehead atoms. The van der Waals surface area contributed by atoms with Crippen LogP contribution in [-0.4, -0.2) is 16.9 Å². The third-order valence-electron chi connectivity index (χ3n) is 2.49. The zero-order valence-corrected chi connectivity index (χ0v) is 9.70. The van der Waals surface area contributed by atoms with Gasteiger partial charge in [-0.25, -0.2) is 4.39 Å². The maximum absolute atomic E-state index is 13.5. The number of benzene rings is 1. The van der Waals surface area contributed by atoms with E-state index in [0.29, 0.717) is 18.4 Å². The predicted octanol–water partition coefficient (Wildman–Crippen LogP) is 2.36. The van der Waals surface area contributed by atoms with Crippen molar-refractivity contribution in [3.63, 3.8) is 0 Å². The number of carboxylic acid groups (broad SMARTS) is 1. The number of halogens is 1. The molecule has 0 aromatic heterocycles. The van der Waals surface area contributed by atoms with Crippen LogP contribution in [-0.2, 0) is 22.4 Å². The molecular weight excluding hydrogens is 223 g/mol. The number of aliphatic carboxylic acids is 1. The van der Waals surface area contributed by atoms with Crippen LogP contribution in [0.5, 0.6) is 0 Å². The average molecular weight is 238 g/mol. The summed E-state index contributed by atoms with van der Waals surface area (Å²) in [5.74, 6) is -1.27. The third-order valence-corrected chi connectivity index (χ3v) is 2.49. The highest BCUT2D eigenvalue weighted by molar-refractivity contribution is 5.75. The monoisotopic (exact) mass is 238 g/mol. The van der Waals surface area contributed by atoms with Crippen LogP contribution in [0, 0.1) is 5.82 Å². The van der Waals surface area contributed by atoms with E-state index in [1.54, 1.807) is 12.1 Å². The van der Waals surface area contributed by atoms with Gasteiger partial charge >= 0.3 is 5.97 Å². The molecule has 0 amide bonds. The topological polar surface area (TPSA) is 54.4 Å². The molecule has 0 spiro atoms. The van der Waals surface area contributed by atoms with Crippen LogP contribution in [0.15, 0.2) is 18.2 Å². The Bertz CT molecular complexity index is 427. The van der Waals surface area contributed by atoms with E-state index in [1.165, 1.54) is 13.0 Å². The molecule has 0 saturated carbocycles. The van der Waals surface area contributed by atoms with E-state index >= 15 is 0 Å². The van der Waals surface area contributed by atoms with Gasteiger partial charge in [-0.1, -0.05) is 12.1 Å². The molecule has 3 nitrogen and oxygen atoms in total. The van der Waals surface area contributed by atoms with Crippen molar-refractivity contribution in [1.82, 2.24) is 0 Å². The van der Waals surface area contributed by atoms with E-state index in [-0.39, 0.29) is 18.6 Å². The van der Waals surface area contributed by atoms with Gasteiger partial charge in [0.05, 0.1) is 0 Å². The molecule has 0 atom stereocenters. The fourth-order valence-electron chi connectivity index (χ4n) is 1.51. The Hall–Kier alpha value is -1.71. The highest BCUT2D eigenvalue weighted by Gasteiger charge is 2.06. The lowest BCUT2D eigenvalue weighted by Crippen LogP contribution is -2.01. The van der Waals surface area contributed by atoms with Gasteiger partial charge in [0.15, 0.2) is 0 Å². The first-order valence-corrected chi connectivity index (χ1v) is 5.47. The van der Waals surface area contributed by atoms with Gasteiger partial charge in [0.1, 0.15) is 11.6 Å². The number of hydrogen-bond acceptors (Lipinski definition) is 2. The molecule has 0 radical (unpaired) electrons. The first kappa shape index (κ1) is 13.4. The minimum Gasteiger partial charge on any atom is -0.481 e. The fraction of sp³-hybridized carbons (Fsp3) is 0.385. The Morgan fingerprint density at radius 2 is 1.94 bits per heavy atom. The number of carboxylic acids is 1. The number of rotatable bonds is 6. The molecule has 92 valence electrons. The van der Waals surface area contributed by atoms with E-state index in [2.05, 4.69) is 0 Å². The van der Waals surface area contributed by atoms with Crippen LogP contribution >= 0.6 is 0 Å². The molecule has 1 aromatic carbocycles. The van der Waals surface area contributed by atoms with Crippen LogP contribution in [0.3, 0.4) is 0 Å². The number of aryl methyl sites for hydroxylation is 2. The molecular formula is C13H15FO3. The predicted molar refractivity (Wildman–Crippen MR) is 61.4 cm³/mol. The SMILES string of the molecule is CC(=O)CCc1ccc(CCC(=O)O)c(F)c1. The van der Waals surface area contributed by atoms with Crippen LogP contribution in [0.2, 0.25) is 0 Å². The van der Waals surface area contributed by atoms with Gasteiger partial charge in [-0.05, 0) is 37.0 Å². The summed E-state index contributed by atoms with van der Waals surface area (Å²) in [7, 11) is 0. The van der Waals surface area contributed by atoms with Gasteiger partial charge in [0.25, 0.3) is 0 Å². The molecule has 0 fully saturated rings. The molecule has 1 aromatic rings. The molecule has 0 saturated heterocycles. The molecule has 0 heterocycles. The van der Waals surface area contributed by atoms with Crippen molar-refractivity contribution in [1.29, 1.82) is 0 Å². The smallest absolute Gasteiger partial charge is 0.303 e. The van der Waals surface area contributed by atoms with E-state index < -0.39 is 11.8 Å². The molecule has 4 heteroatoms. The minimum atomic E-state index is -0.940. The second-order valence-corrected chi connectivity index (χ2v) is 4.02. The minimum absolute atomic E-state index is 0.0698. The van der Waals surface area contributed by atoms with Crippen molar-refractivity contribution in [2.24, 2.45) is 0 Å². The van der Waals surface area contributed by atoms with Crippen LogP contribution < -0.4 is 0 Å². The lowest BCUT2D eigenvalue weighted by Gasteiger charge is -2.04. The summed E-state index contributed by atoms with van der Waals surface area (Å²) in [6.07, 6.45) is 1.03. The number of ketones is 1. The molecule has 1 rings (SSSR count). The molecule has 17 heavy (non-hydrogen) atoms. The first-order chi connectivity index (χ1) is 7.99. The number of Topliss-reactive ketones (excluding diaryl/α,β-unsaturated/α-hetero) is 1. The summed E-state index contributed by atoms with van der Waals surface area (Å²) >= 11 is 0. The summed E-state index contributed by atoms with van der Waals surface area (Å²) in [6, 6.07) is 4.71. The quantitative estimate of drug-likeness (QED) is 0.827. The third kappa shape index (κ3) is 4.76. The molecule has 0 aliphatic rings. The molecule has 0 aliphatic carbocycles. The Kier molecular flexibility index (Phi) is 4.82. The van der Waals surface area contributed by atoms with Crippen LogP contribution in [0.25, 0.3) is 0 Å². The fourth-order valence-corrected chi connectivity index (χ4v) is 1.51. The summed E-state index contributed by atoms with van der Waals surface area (Å²) in [5, 5.41) is 8.51. The molecule has 0 aliphatic heterocycles. The Balaban J connectivity index is 2.65. The normalized spacial score (nSPS) is 10.2. The zero-order chi connectivity index (χ0) is 12.8. The number of carbonyl (C=O) groups excluding carboxylic acids is 1. The van der Waals surface area contributed by atoms with Crippen LogP contribution in [0.4, 0.5) is 4.39 Å². The average Bonchev–Trinajstić information content (AvgIpc) is 2.24. The van der Waals surface area contributed by atoms with Gasteiger partial charge in [-0.2, -0.15) is 0 Å². The summed E-state index contributed by atoms with van der Waals surface area (Å²) in [5.41, 5.74) is 1.16. The van der Waals surface area contributed by atoms with Gasteiger partial charge < -0.3 is 9.90 Å². The number of hydrogen-bond donors (Lipinski definition) is 1. The van der Waals surface area contributed by atoms with Gasteiger partial charge in [-0.15, -0.1) is 0 Å². The van der Waals surface area contributed by atoms with Gasteiger partial charge in [0, 0.05) is 12.8 Å². The summed E-state index contributed by atoms with van der Waals surface area (Å²) in [6.45, 7) is 1.50. The largest absolute Gasteiger partial charge is 0.481 e. The van der Waals surface area contributed by atoms with Crippen molar-refractivity contribution in [2.45, 2.75) is 32.6 Å². The van der Waals surface area contributed by atoms with Crippen molar-refractivity contribution >= 4 is 11.8 Å². The van der Waals surface area contributed by atoms with Crippen molar-refractivity contribution in [3.05, 3.63) is 35.1 Å². The van der Waals surface area contributed by atoms with E-state index in [1.807, 2.05) is 0 Å². The molecule has 1 N–H and O–H groups in total. The van der Waals surface area contributed by atoms with Gasteiger partial charge in [-0.3, -0.25) is 4.79 Å². The number of carbonyl (C=O) groups is 2. The van der Waals surface area contributed by atoms with E-state index in [0.717, 1.165) is 5.56 Å². The highest BCUT2D eigenvalue weighted by Crippen LogP contribution is 2.14. The maximum Gasteiger partial charge on any atom is 0.303 e. The zero-order valence-electron chi connectivity index (χ0n) is 9.70. The van der Waals surface area contributed by atoms with Crippen LogP contribution in [0.1, 0.15) is 30.9 Å². The molecule has 0 unspecified atom stereocenters. The maximum atomic E-state index is 13.5. The summed E-state index contributed by atoms with van der Waals surface area (Å²) in [4.78, 5) is 21.2. The Morgan fingerprint density at radius 1 is 1.24 bits per heavy atom. The van der Waals surface area contributed by atoms with Gasteiger partial charge in [0.2, 0.25) is 0 Å². The van der Waals surface area contributed by atoms with E-state index in [4.69, 9.17) is 5.11 Å². The summed E-state index contributed by atoms with van der Waals surface area (Å²) < 4.78 is 13.5. The Labute approximate surface area is 99.3 Å². The second kappa shape index (κ2) is 6.13. The standard InChI is InChI=1S/C13H15FO3/c1-9(15)2-3-10-4-5-11(12(14)8-10)6-7-13(16)17/h4-5,8H,2-3,6-7H2,1H3,(H,16,17). The van der Waals surface area contributed by atoms with Crippen molar-refractivity contribution in [3.8, 4) is 0 Å². The highest BCUT2D eigenvalue weighted by atomic mass is 19.1. The second-order valence-electron chi connectivity index (χ2n) is 4.02. The lowest BCUT2D eigenvalue weighted by molar-refractivity contribution is -0.137. The van der Waals surface area contributed by atoms with E-state index in [9.17, 15) is 14.0 Å². The lowest BCUT2D eigenvalue weighted by atomic mass is 10.0. The Morgan fingerprint density at radius 3 is 2.47 bits per heavy atom. The van der Waals surface area contributed by atoms with Crippen molar-refractivity contribution in [2.75, 3.05) is 0 Å². The first-order valence-electron chi connectivity index (χ1n) is 5.47.